The Morgan fingerprint density at radius 2 is 0.655 bits per heavy atom. The van der Waals surface area contributed by atoms with Gasteiger partial charge in [0.05, 0.1) is 17.1 Å². The van der Waals surface area contributed by atoms with Crippen LogP contribution in [0.1, 0.15) is 74.2 Å². The number of anilines is 3. The van der Waals surface area contributed by atoms with Gasteiger partial charge in [0.1, 0.15) is 0 Å². The maximum Gasteiger partial charge on any atom is 0.331 e. The van der Waals surface area contributed by atoms with E-state index in [0.29, 0.717) is 28.3 Å². The average molecular weight is 755 g/mol. The quantitative estimate of drug-likeness (QED) is 0.0498. The van der Waals surface area contributed by atoms with E-state index in [1.807, 2.05) is 114 Å². The van der Waals surface area contributed by atoms with Crippen molar-refractivity contribution in [1.29, 1.82) is 0 Å². The third-order valence-electron chi connectivity index (χ3n) is 8.03. The van der Waals surface area contributed by atoms with Crippen molar-refractivity contribution in [3.63, 3.8) is 0 Å². The summed E-state index contributed by atoms with van der Waals surface area (Å²) in [5, 5.41) is 11.6. The van der Waals surface area contributed by atoms with Crippen LogP contribution in [0.3, 0.4) is 0 Å². The molecule has 0 saturated heterocycles. The summed E-state index contributed by atoms with van der Waals surface area (Å²) < 4.78 is 0. The molecule has 5 aromatic carbocycles. The third-order valence-corrected chi connectivity index (χ3v) is 9.05. The molecule has 5 rings (SSSR count). The third kappa shape index (κ3) is 10.9. The summed E-state index contributed by atoms with van der Waals surface area (Å²) in [6.07, 6.45) is 0. The second-order valence-electron chi connectivity index (χ2n) is 12.2. The minimum atomic E-state index is -0.503. The Morgan fingerprint density at radius 1 is 0.400 bits per heavy atom. The van der Waals surface area contributed by atoms with Crippen molar-refractivity contribution >= 4 is 69.7 Å². The number of carbonyl (C=O) groups excluding carboxylic acids is 4. The molecule has 0 heterocycles. The molecule has 278 valence electrons. The summed E-state index contributed by atoms with van der Waals surface area (Å²) in [5.74, 6) is -1.59. The van der Waals surface area contributed by atoms with Crippen LogP contribution in [-0.2, 0) is 28.9 Å². The highest BCUT2D eigenvalue weighted by Gasteiger charge is 2.16. The molecule has 0 aliphatic carbocycles. The molecule has 0 aliphatic rings. The van der Waals surface area contributed by atoms with Crippen molar-refractivity contribution in [3.05, 3.63) is 149 Å². The highest BCUT2D eigenvalue weighted by Crippen LogP contribution is 2.35. The van der Waals surface area contributed by atoms with Crippen molar-refractivity contribution in [2.24, 2.45) is 15.5 Å². The van der Waals surface area contributed by atoms with Crippen LogP contribution in [0.2, 0.25) is 0 Å². The Morgan fingerprint density at radius 3 is 0.945 bits per heavy atom. The van der Waals surface area contributed by atoms with Gasteiger partial charge in [-0.25, -0.2) is 14.4 Å². The first-order chi connectivity index (χ1) is 26.4. The van der Waals surface area contributed by atoms with E-state index in [1.165, 1.54) is 20.8 Å². The first-order valence-corrected chi connectivity index (χ1v) is 17.9. The molecule has 0 saturated carbocycles. The van der Waals surface area contributed by atoms with Gasteiger partial charge in [-0.3, -0.25) is 4.79 Å². The Bertz CT molecular complexity index is 2190. The SMILES string of the molecule is CC(=O)O/N=C(/C)c1ccc(Sc2ccc(C(=O)c3ccc(N(c4ccc(/C(C)=N\OC(C)=O)cc4)c4ccc(/C(C)=N/OC(C)=O)cc4)cc3)cc2)cc1. The van der Waals surface area contributed by atoms with E-state index in [4.69, 9.17) is 14.5 Å². The van der Waals surface area contributed by atoms with Gasteiger partial charge in [0, 0.05) is 58.8 Å². The van der Waals surface area contributed by atoms with Gasteiger partial charge in [-0.15, -0.1) is 0 Å². The normalized spacial score (nSPS) is 11.8. The van der Waals surface area contributed by atoms with Crippen molar-refractivity contribution in [1.82, 2.24) is 0 Å². The van der Waals surface area contributed by atoms with Crippen LogP contribution in [0.5, 0.6) is 0 Å². The number of carbonyl (C=O) groups is 4. The van der Waals surface area contributed by atoms with Crippen LogP contribution in [0, 0.1) is 0 Å². The van der Waals surface area contributed by atoms with Crippen LogP contribution in [0.4, 0.5) is 17.1 Å². The number of hydrogen-bond donors (Lipinski definition) is 0. The van der Waals surface area contributed by atoms with Gasteiger partial charge < -0.3 is 19.4 Å². The van der Waals surface area contributed by atoms with Gasteiger partial charge >= 0.3 is 17.9 Å². The molecule has 0 atom stereocenters. The van der Waals surface area contributed by atoms with E-state index in [1.54, 1.807) is 44.7 Å². The molecular weight excluding hydrogens is 717 g/mol. The van der Waals surface area contributed by atoms with Gasteiger partial charge in [0.2, 0.25) is 0 Å². The molecule has 0 bridgehead atoms. The van der Waals surface area contributed by atoms with Crippen LogP contribution in [-0.4, -0.2) is 40.8 Å². The lowest BCUT2D eigenvalue weighted by Crippen LogP contribution is -2.11. The number of hydrogen-bond acceptors (Lipinski definition) is 12. The molecule has 0 fully saturated rings. The molecule has 55 heavy (non-hydrogen) atoms. The second-order valence-corrected chi connectivity index (χ2v) is 13.4. The summed E-state index contributed by atoms with van der Waals surface area (Å²) >= 11 is 1.56. The van der Waals surface area contributed by atoms with Crippen LogP contribution in [0.15, 0.2) is 147 Å². The zero-order valence-electron chi connectivity index (χ0n) is 31.1. The molecule has 5 aromatic rings. The van der Waals surface area contributed by atoms with Crippen molar-refractivity contribution in [2.45, 2.75) is 51.3 Å². The summed E-state index contributed by atoms with van der Waals surface area (Å²) in [7, 11) is 0. The van der Waals surface area contributed by atoms with E-state index < -0.39 is 17.9 Å². The lowest BCUT2D eigenvalue weighted by atomic mass is 10.0. The Kier molecular flexibility index (Phi) is 13.2. The minimum Gasteiger partial charge on any atom is -0.318 e. The highest BCUT2D eigenvalue weighted by molar-refractivity contribution is 7.99. The van der Waals surface area contributed by atoms with E-state index in [9.17, 15) is 19.2 Å². The van der Waals surface area contributed by atoms with Crippen LogP contribution in [0.25, 0.3) is 0 Å². The maximum atomic E-state index is 13.6. The van der Waals surface area contributed by atoms with Gasteiger partial charge in [-0.2, -0.15) is 0 Å². The summed E-state index contributed by atoms with van der Waals surface area (Å²) in [4.78, 5) is 65.5. The maximum absolute atomic E-state index is 13.6. The van der Waals surface area contributed by atoms with Gasteiger partial charge in [0.15, 0.2) is 5.78 Å². The lowest BCUT2D eigenvalue weighted by molar-refractivity contribution is -0.141. The number of benzene rings is 5. The van der Waals surface area contributed by atoms with Crippen molar-refractivity contribution < 1.29 is 33.7 Å². The number of nitrogens with zero attached hydrogens (tertiary/aromatic N) is 4. The fourth-order valence-electron chi connectivity index (χ4n) is 5.21. The van der Waals surface area contributed by atoms with E-state index >= 15 is 0 Å². The van der Waals surface area contributed by atoms with E-state index in [0.717, 1.165) is 43.5 Å². The Balaban J connectivity index is 1.35. The first-order valence-electron chi connectivity index (χ1n) is 17.1. The van der Waals surface area contributed by atoms with Gasteiger partial charge in [0.25, 0.3) is 0 Å². The molecule has 0 amide bonds. The Hall–Kier alpha value is -6.66. The molecule has 12 heteroatoms. The second kappa shape index (κ2) is 18.4. The first kappa shape index (κ1) is 39.5. The monoisotopic (exact) mass is 754 g/mol. The van der Waals surface area contributed by atoms with Gasteiger partial charge in [-0.1, -0.05) is 63.6 Å². The molecule has 0 radical (unpaired) electrons. The predicted molar refractivity (Wildman–Crippen MR) is 213 cm³/mol. The zero-order valence-corrected chi connectivity index (χ0v) is 31.9. The van der Waals surface area contributed by atoms with Crippen LogP contribution < -0.4 is 4.90 Å². The lowest BCUT2D eigenvalue weighted by Gasteiger charge is -2.26. The number of oxime groups is 3. The molecule has 0 unspecified atom stereocenters. The smallest absolute Gasteiger partial charge is 0.318 e. The fraction of sp³-hybridized carbons (Fsp3) is 0.140. The van der Waals surface area contributed by atoms with E-state index in [-0.39, 0.29) is 5.78 Å². The largest absolute Gasteiger partial charge is 0.331 e. The average Bonchev–Trinajstić information content (AvgIpc) is 3.19. The minimum absolute atomic E-state index is 0.111. The molecule has 0 N–H and O–H groups in total. The molecule has 0 aliphatic heterocycles. The number of rotatable bonds is 13. The van der Waals surface area contributed by atoms with Gasteiger partial charge in [-0.05, 0) is 122 Å². The number of ketones is 1. The zero-order chi connectivity index (χ0) is 39.5. The molecule has 0 aromatic heterocycles. The molecular formula is C43H38N4O7S. The molecule has 11 nitrogen and oxygen atoms in total. The standard InChI is InChI=1S/C43H38N4O7S/c1-27(44-52-30(4)48)33-7-17-38(18-8-33)47(39-19-9-34(10-20-39)28(2)45-53-31(5)49)40-21-11-36(12-22-40)43(51)37-15-25-42(26-16-37)55-41-23-13-35(14-24-41)29(3)46-54-32(6)50/h7-26H,1-6H3/b44-27-,45-28+,46-29-. The van der Waals surface area contributed by atoms with Crippen LogP contribution >= 0.6 is 11.8 Å². The predicted octanol–water partition coefficient (Wildman–Crippen LogP) is 9.40. The van der Waals surface area contributed by atoms with Crippen molar-refractivity contribution in [2.75, 3.05) is 4.90 Å². The molecule has 0 spiro atoms. The van der Waals surface area contributed by atoms with Crippen molar-refractivity contribution in [3.8, 4) is 0 Å². The van der Waals surface area contributed by atoms with E-state index in [2.05, 4.69) is 15.5 Å². The highest BCUT2D eigenvalue weighted by atomic mass is 32.2. The topological polar surface area (TPSA) is 136 Å². The summed E-state index contributed by atoms with van der Waals surface area (Å²) in [6.45, 7) is 9.16. The Labute approximate surface area is 323 Å². The fourth-order valence-corrected chi connectivity index (χ4v) is 6.03. The summed E-state index contributed by atoms with van der Waals surface area (Å²) in [5.41, 5.74) is 7.63. The summed E-state index contributed by atoms with van der Waals surface area (Å²) in [6, 6.07) is 37.8.